The molecule has 1 aliphatic heterocycles. The molecule has 2 heterocycles. The van der Waals surface area contributed by atoms with E-state index in [4.69, 9.17) is 5.73 Å². The zero-order chi connectivity index (χ0) is 17.6. The van der Waals surface area contributed by atoms with Crippen LogP contribution in [0.25, 0.3) is 5.70 Å². The van der Waals surface area contributed by atoms with Gasteiger partial charge in [0.15, 0.2) is 0 Å². The van der Waals surface area contributed by atoms with E-state index in [1.165, 1.54) is 6.07 Å². The van der Waals surface area contributed by atoms with Crippen molar-refractivity contribution in [2.24, 2.45) is 10.7 Å². The molecular weight excluding hydrogens is 327 g/mol. The third kappa shape index (κ3) is 2.92. The van der Waals surface area contributed by atoms with E-state index >= 15 is 0 Å². The van der Waals surface area contributed by atoms with Crippen molar-refractivity contribution in [2.75, 3.05) is 6.54 Å². The highest BCUT2D eigenvalue weighted by atomic mass is 19.4. The van der Waals surface area contributed by atoms with Crippen LogP contribution in [0.15, 0.2) is 47.7 Å². The van der Waals surface area contributed by atoms with Crippen LogP contribution in [0.2, 0.25) is 0 Å². The van der Waals surface area contributed by atoms with Crippen molar-refractivity contribution in [1.82, 2.24) is 4.98 Å². The number of halogens is 3. The molecule has 1 aliphatic carbocycles. The second kappa shape index (κ2) is 5.72. The summed E-state index contributed by atoms with van der Waals surface area (Å²) in [5.41, 5.74) is 9.78. The van der Waals surface area contributed by atoms with E-state index in [9.17, 15) is 13.2 Å². The lowest BCUT2D eigenvalue weighted by Crippen LogP contribution is -2.13. The van der Waals surface area contributed by atoms with Gasteiger partial charge in [0.25, 0.3) is 0 Å². The van der Waals surface area contributed by atoms with Crippen molar-refractivity contribution >= 4 is 11.4 Å². The topological polar surface area (TPSA) is 51.3 Å². The summed E-state index contributed by atoms with van der Waals surface area (Å²) >= 11 is 0. The Morgan fingerprint density at radius 3 is 2.56 bits per heavy atom. The number of aliphatic imine (C=N–C) groups is 1. The minimum atomic E-state index is -4.35. The van der Waals surface area contributed by atoms with Crippen LogP contribution in [0.5, 0.6) is 0 Å². The molecule has 0 saturated heterocycles. The number of aromatic nitrogens is 1. The first-order chi connectivity index (χ1) is 11.9. The summed E-state index contributed by atoms with van der Waals surface area (Å²) in [6.07, 6.45) is 2.59. The van der Waals surface area contributed by atoms with Gasteiger partial charge in [-0.05, 0) is 48.6 Å². The number of hydrogen-bond acceptors (Lipinski definition) is 3. The highest BCUT2D eigenvalue weighted by Crippen LogP contribution is 2.44. The smallest absolute Gasteiger partial charge is 0.398 e. The van der Waals surface area contributed by atoms with Gasteiger partial charge in [0.2, 0.25) is 0 Å². The summed E-state index contributed by atoms with van der Waals surface area (Å²) in [4.78, 5) is 8.71. The van der Waals surface area contributed by atoms with Crippen LogP contribution in [0.1, 0.15) is 46.6 Å². The Bertz CT molecular complexity index is 893. The first-order valence-corrected chi connectivity index (χ1v) is 8.11. The molecule has 128 valence electrons. The third-order valence-corrected chi connectivity index (χ3v) is 4.60. The number of benzene rings is 1. The first-order valence-electron chi connectivity index (χ1n) is 8.11. The number of fused-ring (bicyclic) bond motifs is 1. The standard InChI is InChI=1S/C19H16F3N3/c20-19(21,22)12-3-4-13(15(9-12)11-1-2-11)18-14-5-7-24-10-16(14)17(23)6-8-25-18/h3-7,9-11H,1-2,8,23H2. The van der Waals surface area contributed by atoms with E-state index in [1.807, 2.05) is 6.07 Å². The fourth-order valence-corrected chi connectivity index (χ4v) is 3.18. The van der Waals surface area contributed by atoms with Crippen LogP contribution in [-0.4, -0.2) is 17.2 Å². The highest BCUT2D eigenvalue weighted by Gasteiger charge is 2.35. The summed E-state index contributed by atoms with van der Waals surface area (Å²) in [6, 6.07) is 5.76. The maximum absolute atomic E-state index is 13.1. The zero-order valence-electron chi connectivity index (χ0n) is 13.3. The van der Waals surface area contributed by atoms with Gasteiger partial charge in [-0.2, -0.15) is 13.2 Å². The fraction of sp³-hybridized carbons (Fsp3) is 0.263. The predicted molar refractivity (Wildman–Crippen MR) is 90.3 cm³/mol. The van der Waals surface area contributed by atoms with Gasteiger partial charge >= 0.3 is 6.18 Å². The molecule has 0 radical (unpaired) electrons. The lowest BCUT2D eigenvalue weighted by molar-refractivity contribution is -0.137. The number of alkyl halides is 3. The summed E-state index contributed by atoms with van der Waals surface area (Å²) in [5.74, 6) is 0.166. The van der Waals surface area contributed by atoms with Crippen LogP contribution >= 0.6 is 0 Å². The maximum Gasteiger partial charge on any atom is 0.416 e. The van der Waals surface area contributed by atoms with Crippen molar-refractivity contribution in [3.05, 3.63) is 70.6 Å². The van der Waals surface area contributed by atoms with Gasteiger partial charge in [-0.25, -0.2) is 0 Å². The molecule has 2 aromatic rings. The van der Waals surface area contributed by atoms with E-state index in [2.05, 4.69) is 9.98 Å². The van der Waals surface area contributed by atoms with E-state index < -0.39 is 11.7 Å². The van der Waals surface area contributed by atoms with E-state index in [-0.39, 0.29) is 5.92 Å². The molecule has 0 atom stereocenters. The Morgan fingerprint density at radius 2 is 1.84 bits per heavy atom. The summed E-state index contributed by atoms with van der Waals surface area (Å²) in [7, 11) is 0. The van der Waals surface area contributed by atoms with Crippen LogP contribution < -0.4 is 5.73 Å². The monoisotopic (exact) mass is 343 g/mol. The molecule has 0 amide bonds. The first kappa shape index (κ1) is 15.9. The van der Waals surface area contributed by atoms with Crippen molar-refractivity contribution < 1.29 is 13.2 Å². The highest BCUT2D eigenvalue weighted by molar-refractivity contribution is 6.16. The van der Waals surface area contributed by atoms with Crippen molar-refractivity contribution in [3.63, 3.8) is 0 Å². The molecule has 1 aromatic heterocycles. The van der Waals surface area contributed by atoms with Crippen LogP contribution in [0, 0.1) is 0 Å². The minimum absolute atomic E-state index is 0.166. The van der Waals surface area contributed by atoms with Gasteiger partial charge in [0.1, 0.15) is 0 Å². The van der Waals surface area contributed by atoms with Gasteiger partial charge in [0, 0.05) is 34.8 Å². The molecule has 6 heteroatoms. The van der Waals surface area contributed by atoms with Crippen molar-refractivity contribution in [2.45, 2.75) is 24.9 Å². The number of rotatable bonds is 2. The molecule has 25 heavy (non-hydrogen) atoms. The molecule has 4 rings (SSSR count). The normalized spacial score (nSPS) is 17.4. The van der Waals surface area contributed by atoms with Gasteiger partial charge < -0.3 is 5.73 Å². The SMILES string of the molecule is NC1=CCN=C(c2ccc(C(F)(F)F)cc2C2CC2)c2ccncc21. The Balaban J connectivity index is 1.88. The Morgan fingerprint density at radius 1 is 1.04 bits per heavy atom. The number of nitrogens with zero attached hydrogens (tertiary/aromatic N) is 2. The maximum atomic E-state index is 13.1. The van der Waals surface area contributed by atoms with Crippen molar-refractivity contribution in [3.8, 4) is 0 Å². The largest absolute Gasteiger partial charge is 0.416 e. The molecule has 3 nitrogen and oxygen atoms in total. The summed E-state index contributed by atoms with van der Waals surface area (Å²) < 4.78 is 39.4. The van der Waals surface area contributed by atoms with Gasteiger partial charge in [0.05, 0.1) is 17.8 Å². The van der Waals surface area contributed by atoms with Gasteiger partial charge in [-0.15, -0.1) is 0 Å². The minimum Gasteiger partial charge on any atom is -0.398 e. The number of nitrogens with two attached hydrogens (primary N) is 1. The van der Waals surface area contributed by atoms with Gasteiger partial charge in [-0.1, -0.05) is 6.07 Å². The zero-order valence-corrected chi connectivity index (χ0v) is 13.3. The van der Waals surface area contributed by atoms with Crippen LogP contribution in [0.3, 0.4) is 0 Å². The molecule has 0 unspecified atom stereocenters. The van der Waals surface area contributed by atoms with Crippen LogP contribution in [0.4, 0.5) is 13.2 Å². The van der Waals surface area contributed by atoms with Crippen molar-refractivity contribution in [1.29, 1.82) is 0 Å². The average molecular weight is 343 g/mol. The average Bonchev–Trinajstić information content (AvgIpc) is 3.42. The second-order valence-electron chi connectivity index (χ2n) is 6.34. The number of hydrogen-bond donors (Lipinski definition) is 1. The molecule has 2 N–H and O–H groups in total. The second-order valence-corrected chi connectivity index (χ2v) is 6.34. The van der Waals surface area contributed by atoms with E-state index in [0.717, 1.165) is 41.2 Å². The fourth-order valence-electron chi connectivity index (χ4n) is 3.18. The number of pyridine rings is 1. The molecule has 2 aliphatic rings. The molecule has 0 spiro atoms. The van der Waals surface area contributed by atoms with E-state index in [0.29, 0.717) is 18.0 Å². The lowest BCUT2D eigenvalue weighted by Gasteiger charge is -2.16. The Kier molecular flexibility index (Phi) is 3.63. The third-order valence-electron chi connectivity index (χ3n) is 4.60. The van der Waals surface area contributed by atoms with Crippen LogP contribution in [-0.2, 0) is 6.18 Å². The summed E-state index contributed by atoms with van der Waals surface area (Å²) in [6.45, 7) is 0.390. The Labute approximate surface area is 143 Å². The Hall–Kier alpha value is -2.63. The quantitative estimate of drug-likeness (QED) is 0.891. The lowest BCUT2D eigenvalue weighted by atomic mass is 9.91. The molecule has 0 bridgehead atoms. The molecular formula is C19H16F3N3. The predicted octanol–water partition coefficient (Wildman–Crippen LogP) is 4.13. The molecule has 1 saturated carbocycles. The molecule has 1 fully saturated rings. The molecule has 1 aromatic carbocycles. The summed E-state index contributed by atoms with van der Waals surface area (Å²) in [5, 5.41) is 0. The van der Waals surface area contributed by atoms with E-state index in [1.54, 1.807) is 24.5 Å². The van der Waals surface area contributed by atoms with Gasteiger partial charge in [-0.3, -0.25) is 9.98 Å².